The summed E-state index contributed by atoms with van der Waals surface area (Å²) < 4.78 is 5.74. The monoisotopic (exact) mass is 385 g/mol. The minimum absolute atomic E-state index is 0.211. The van der Waals surface area contributed by atoms with Gasteiger partial charge in [0.1, 0.15) is 5.75 Å². The first-order chi connectivity index (χ1) is 12.5. The average molecular weight is 385 g/mol. The van der Waals surface area contributed by atoms with Gasteiger partial charge in [-0.05, 0) is 31.2 Å². The van der Waals surface area contributed by atoms with Gasteiger partial charge in [0, 0.05) is 5.56 Å². The predicted octanol–water partition coefficient (Wildman–Crippen LogP) is 3.86. The fourth-order valence-electron chi connectivity index (χ4n) is 2.40. The van der Waals surface area contributed by atoms with Crippen molar-refractivity contribution in [1.82, 2.24) is 0 Å². The number of carboxylic acids is 1. The van der Waals surface area contributed by atoms with Gasteiger partial charge in [-0.3, -0.25) is 9.69 Å². The second-order valence-electron chi connectivity index (χ2n) is 5.57. The van der Waals surface area contributed by atoms with E-state index in [0.717, 1.165) is 11.3 Å². The van der Waals surface area contributed by atoms with E-state index in [9.17, 15) is 9.59 Å². The first-order valence-corrected chi connectivity index (χ1v) is 8.96. The minimum Gasteiger partial charge on any atom is -0.481 e. The van der Waals surface area contributed by atoms with Crippen molar-refractivity contribution in [3.63, 3.8) is 0 Å². The molecule has 0 atom stereocenters. The fraction of sp³-hybridized carbons (Fsp3) is 0.105. The molecule has 7 heteroatoms. The molecular weight excluding hydrogens is 370 g/mol. The number of thiocarbonyl (C=S) groups is 1. The van der Waals surface area contributed by atoms with Crippen molar-refractivity contribution in [2.45, 2.75) is 6.92 Å². The zero-order valence-corrected chi connectivity index (χ0v) is 15.5. The second-order valence-corrected chi connectivity index (χ2v) is 7.25. The maximum atomic E-state index is 12.8. The van der Waals surface area contributed by atoms with E-state index in [1.807, 2.05) is 31.2 Å². The number of nitrogens with zero attached hydrogens (tertiary/aromatic N) is 1. The number of ether oxygens (including phenoxy) is 1. The van der Waals surface area contributed by atoms with Gasteiger partial charge in [-0.25, -0.2) is 4.79 Å². The number of aliphatic carboxylic acids is 1. The van der Waals surface area contributed by atoms with Crippen molar-refractivity contribution in [2.24, 2.45) is 0 Å². The Balaban J connectivity index is 1.89. The Morgan fingerprint density at radius 3 is 2.62 bits per heavy atom. The summed E-state index contributed by atoms with van der Waals surface area (Å²) in [5, 5.41) is 8.78. The summed E-state index contributed by atoms with van der Waals surface area (Å²) in [6.45, 7) is 1.53. The standard InChI is InChI=1S/C19H15NO4S2/c1-12-6-8-14(9-7-12)20-18(23)16(26-19(20)25)10-13-4-2-3-5-15(13)24-11-17(21)22/h2-10H,11H2,1H3,(H,21,22)/b16-10+. The molecule has 0 aliphatic carbocycles. The molecule has 26 heavy (non-hydrogen) atoms. The summed E-state index contributed by atoms with van der Waals surface area (Å²) in [4.78, 5) is 25.5. The Hall–Kier alpha value is -2.64. The van der Waals surface area contributed by atoms with Crippen molar-refractivity contribution in [1.29, 1.82) is 0 Å². The molecule has 0 unspecified atom stereocenters. The number of thioether (sulfide) groups is 1. The maximum Gasteiger partial charge on any atom is 0.341 e. The lowest BCUT2D eigenvalue weighted by atomic mass is 10.1. The average Bonchev–Trinajstić information content (AvgIpc) is 2.89. The highest BCUT2D eigenvalue weighted by Crippen LogP contribution is 2.37. The molecule has 1 aliphatic rings. The van der Waals surface area contributed by atoms with Crippen LogP contribution in [0.5, 0.6) is 5.75 Å². The van der Waals surface area contributed by atoms with Gasteiger partial charge in [0.25, 0.3) is 5.91 Å². The van der Waals surface area contributed by atoms with E-state index in [2.05, 4.69) is 0 Å². The normalized spacial score (nSPS) is 15.6. The SMILES string of the molecule is Cc1ccc(N2C(=O)/C(=C\c3ccccc3OCC(=O)O)SC2=S)cc1. The smallest absolute Gasteiger partial charge is 0.341 e. The van der Waals surface area contributed by atoms with Crippen LogP contribution in [0.25, 0.3) is 6.08 Å². The number of carbonyl (C=O) groups excluding carboxylic acids is 1. The number of hydrogen-bond acceptors (Lipinski definition) is 5. The molecule has 1 saturated heterocycles. The minimum atomic E-state index is -1.06. The van der Waals surface area contributed by atoms with Crippen molar-refractivity contribution in [3.05, 3.63) is 64.6 Å². The number of hydrogen-bond donors (Lipinski definition) is 1. The Morgan fingerprint density at radius 1 is 1.23 bits per heavy atom. The van der Waals surface area contributed by atoms with E-state index >= 15 is 0 Å². The number of carbonyl (C=O) groups is 2. The molecule has 1 aliphatic heterocycles. The molecule has 5 nitrogen and oxygen atoms in total. The molecule has 2 aromatic carbocycles. The first kappa shape index (κ1) is 18.2. The van der Waals surface area contributed by atoms with E-state index in [1.165, 1.54) is 16.7 Å². The molecule has 0 bridgehead atoms. The third kappa shape index (κ3) is 3.95. The molecule has 2 aromatic rings. The van der Waals surface area contributed by atoms with Crippen molar-refractivity contribution >= 4 is 51.9 Å². The number of amides is 1. The van der Waals surface area contributed by atoms with Crippen LogP contribution < -0.4 is 9.64 Å². The van der Waals surface area contributed by atoms with Crippen LogP contribution in [0.15, 0.2) is 53.4 Å². The maximum absolute atomic E-state index is 12.8. The first-order valence-electron chi connectivity index (χ1n) is 7.74. The molecular formula is C19H15NO4S2. The van der Waals surface area contributed by atoms with Crippen LogP contribution in [-0.2, 0) is 9.59 Å². The topological polar surface area (TPSA) is 66.8 Å². The lowest BCUT2D eigenvalue weighted by Crippen LogP contribution is -2.27. The van der Waals surface area contributed by atoms with Gasteiger partial charge >= 0.3 is 5.97 Å². The molecule has 1 N–H and O–H groups in total. The highest BCUT2D eigenvalue weighted by Gasteiger charge is 2.33. The van der Waals surface area contributed by atoms with Gasteiger partial charge in [-0.15, -0.1) is 0 Å². The molecule has 0 radical (unpaired) electrons. The summed E-state index contributed by atoms with van der Waals surface area (Å²) >= 11 is 6.57. The van der Waals surface area contributed by atoms with Crippen molar-refractivity contribution in [3.8, 4) is 5.75 Å². The molecule has 0 spiro atoms. The van der Waals surface area contributed by atoms with Gasteiger partial charge in [0.05, 0.1) is 10.6 Å². The number of para-hydroxylation sites is 1. The number of anilines is 1. The highest BCUT2D eigenvalue weighted by molar-refractivity contribution is 8.27. The van der Waals surface area contributed by atoms with Gasteiger partial charge in [0.2, 0.25) is 0 Å². The van der Waals surface area contributed by atoms with E-state index in [4.69, 9.17) is 22.1 Å². The molecule has 1 heterocycles. The van der Waals surface area contributed by atoms with E-state index in [-0.39, 0.29) is 5.91 Å². The third-order valence-corrected chi connectivity index (χ3v) is 4.94. The van der Waals surface area contributed by atoms with Crippen LogP contribution in [0.1, 0.15) is 11.1 Å². The van der Waals surface area contributed by atoms with Crippen LogP contribution >= 0.6 is 24.0 Å². The van der Waals surface area contributed by atoms with E-state index < -0.39 is 12.6 Å². The largest absolute Gasteiger partial charge is 0.481 e. The summed E-state index contributed by atoms with van der Waals surface area (Å²) in [5.41, 5.74) is 2.44. The third-order valence-electron chi connectivity index (χ3n) is 3.64. The summed E-state index contributed by atoms with van der Waals surface area (Å²) in [5.74, 6) is -0.877. The van der Waals surface area contributed by atoms with Gasteiger partial charge in [-0.2, -0.15) is 0 Å². The van der Waals surface area contributed by atoms with Gasteiger partial charge in [0.15, 0.2) is 10.9 Å². The van der Waals surface area contributed by atoms with Crippen LogP contribution in [0.3, 0.4) is 0 Å². The molecule has 132 valence electrons. The van der Waals surface area contributed by atoms with E-state index in [0.29, 0.717) is 20.5 Å². The van der Waals surface area contributed by atoms with Gasteiger partial charge < -0.3 is 9.84 Å². The molecule has 0 aromatic heterocycles. The quantitative estimate of drug-likeness (QED) is 0.623. The fourth-order valence-corrected chi connectivity index (χ4v) is 3.69. The predicted molar refractivity (Wildman–Crippen MR) is 106 cm³/mol. The van der Waals surface area contributed by atoms with Crippen molar-refractivity contribution < 1.29 is 19.4 Å². The Kier molecular flexibility index (Phi) is 5.39. The molecule has 3 rings (SSSR count). The highest BCUT2D eigenvalue weighted by atomic mass is 32.2. The molecule has 1 amide bonds. The number of benzene rings is 2. The Morgan fingerprint density at radius 2 is 1.92 bits per heavy atom. The van der Waals surface area contributed by atoms with Crippen LogP contribution in [0, 0.1) is 6.92 Å². The lowest BCUT2D eigenvalue weighted by Gasteiger charge is -2.14. The lowest BCUT2D eigenvalue weighted by molar-refractivity contribution is -0.139. The molecule has 1 fully saturated rings. The van der Waals surface area contributed by atoms with Gasteiger partial charge in [-0.1, -0.05) is 59.9 Å². The van der Waals surface area contributed by atoms with Crippen molar-refractivity contribution in [2.75, 3.05) is 11.5 Å². The van der Waals surface area contributed by atoms with Crippen LogP contribution in [0.4, 0.5) is 5.69 Å². The molecule has 0 saturated carbocycles. The summed E-state index contributed by atoms with van der Waals surface area (Å²) in [6, 6.07) is 14.5. The number of aryl methyl sites for hydroxylation is 1. The Labute approximate surface area is 160 Å². The number of rotatable bonds is 5. The number of carboxylic acid groups (broad SMARTS) is 1. The van der Waals surface area contributed by atoms with Crippen LogP contribution in [0.2, 0.25) is 0 Å². The summed E-state index contributed by atoms with van der Waals surface area (Å²) in [7, 11) is 0. The zero-order chi connectivity index (χ0) is 18.7. The van der Waals surface area contributed by atoms with Crippen LogP contribution in [-0.4, -0.2) is 27.9 Å². The summed E-state index contributed by atoms with van der Waals surface area (Å²) in [6.07, 6.45) is 1.67. The van der Waals surface area contributed by atoms with E-state index in [1.54, 1.807) is 30.3 Å². The Bertz CT molecular complexity index is 906. The zero-order valence-electron chi connectivity index (χ0n) is 13.8. The second kappa shape index (κ2) is 7.72.